The zero-order valence-corrected chi connectivity index (χ0v) is 7.78. The lowest BCUT2D eigenvalue weighted by Gasteiger charge is -2.07. The van der Waals surface area contributed by atoms with E-state index in [1.54, 1.807) is 0 Å². The van der Waals surface area contributed by atoms with Crippen molar-refractivity contribution in [1.29, 1.82) is 0 Å². The predicted molar refractivity (Wildman–Crippen MR) is 46.6 cm³/mol. The topological polar surface area (TPSA) is 55.5 Å². The molecule has 16 heavy (non-hydrogen) atoms. The number of alkyl halides is 3. The van der Waals surface area contributed by atoms with E-state index in [0.29, 0.717) is 0 Å². The average Bonchev–Trinajstić information content (AvgIpc) is 2.59. The van der Waals surface area contributed by atoms with Crippen LogP contribution in [0.15, 0.2) is 22.6 Å². The zero-order valence-electron chi connectivity index (χ0n) is 7.78. The SMILES string of the molecule is OCc1nc2cccc(OC(F)(F)F)c2o1. The third-order valence-corrected chi connectivity index (χ3v) is 1.78. The molecule has 0 aliphatic rings. The van der Waals surface area contributed by atoms with Crippen molar-refractivity contribution in [1.82, 2.24) is 4.98 Å². The highest BCUT2D eigenvalue weighted by Crippen LogP contribution is 2.30. The second kappa shape index (κ2) is 3.67. The number of oxazole rings is 1. The normalized spacial score (nSPS) is 12.0. The number of para-hydroxylation sites is 1. The summed E-state index contributed by atoms with van der Waals surface area (Å²) >= 11 is 0. The first-order valence-electron chi connectivity index (χ1n) is 4.24. The molecule has 0 unspecified atom stereocenters. The average molecular weight is 233 g/mol. The second-order valence-corrected chi connectivity index (χ2v) is 2.92. The number of hydrogen-bond donors (Lipinski definition) is 1. The van der Waals surface area contributed by atoms with Gasteiger partial charge in [-0.15, -0.1) is 13.2 Å². The van der Waals surface area contributed by atoms with E-state index in [1.165, 1.54) is 12.1 Å². The Morgan fingerprint density at radius 1 is 1.38 bits per heavy atom. The third kappa shape index (κ3) is 2.08. The van der Waals surface area contributed by atoms with Gasteiger partial charge in [0.15, 0.2) is 11.3 Å². The predicted octanol–water partition coefficient (Wildman–Crippen LogP) is 2.22. The molecule has 0 fully saturated rings. The fourth-order valence-electron chi connectivity index (χ4n) is 1.24. The number of benzene rings is 1. The lowest BCUT2D eigenvalue weighted by molar-refractivity contribution is -0.274. The molecule has 0 saturated heterocycles. The van der Waals surface area contributed by atoms with Gasteiger partial charge in [-0.05, 0) is 12.1 Å². The smallest absolute Gasteiger partial charge is 0.434 e. The molecule has 0 spiro atoms. The second-order valence-electron chi connectivity index (χ2n) is 2.92. The van der Waals surface area contributed by atoms with Gasteiger partial charge in [0.25, 0.3) is 0 Å². The van der Waals surface area contributed by atoms with Crippen molar-refractivity contribution in [2.75, 3.05) is 0 Å². The number of nitrogens with zero attached hydrogens (tertiary/aromatic N) is 1. The first kappa shape index (κ1) is 10.7. The van der Waals surface area contributed by atoms with E-state index in [4.69, 9.17) is 9.52 Å². The maximum absolute atomic E-state index is 12.0. The Morgan fingerprint density at radius 2 is 2.12 bits per heavy atom. The van der Waals surface area contributed by atoms with E-state index in [0.717, 1.165) is 6.07 Å². The number of rotatable bonds is 2. The van der Waals surface area contributed by atoms with Crippen LogP contribution in [0.3, 0.4) is 0 Å². The van der Waals surface area contributed by atoms with Crippen LogP contribution in [-0.4, -0.2) is 16.5 Å². The van der Waals surface area contributed by atoms with Crippen molar-refractivity contribution < 1.29 is 27.4 Å². The van der Waals surface area contributed by atoms with Crippen molar-refractivity contribution in [2.24, 2.45) is 0 Å². The van der Waals surface area contributed by atoms with Crippen molar-refractivity contribution in [3.8, 4) is 5.75 Å². The number of ether oxygens (including phenoxy) is 1. The van der Waals surface area contributed by atoms with Crippen LogP contribution in [0, 0.1) is 0 Å². The summed E-state index contributed by atoms with van der Waals surface area (Å²) in [5, 5.41) is 8.74. The molecule has 1 aromatic carbocycles. The van der Waals surface area contributed by atoms with Crippen LogP contribution in [0.2, 0.25) is 0 Å². The van der Waals surface area contributed by atoms with Gasteiger partial charge >= 0.3 is 6.36 Å². The number of fused-ring (bicyclic) bond motifs is 1. The fourth-order valence-corrected chi connectivity index (χ4v) is 1.24. The summed E-state index contributed by atoms with van der Waals surface area (Å²) in [6.45, 7) is -0.486. The highest BCUT2D eigenvalue weighted by molar-refractivity contribution is 5.79. The highest BCUT2D eigenvalue weighted by Gasteiger charge is 2.32. The van der Waals surface area contributed by atoms with Crippen LogP contribution in [0.25, 0.3) is 11.1 Å². The molecule has 0 aliphatic heterocycles. The molecular weight excluding hydrogens is 227 g/mol. The standard InChI is InChI=1S/C9H6F3NO3/c10-9(11,12)16-6-3-1-2-5-8(6)15-7(4-14)13-5/h1-3,14H,4H2. The number of aliphatic hydroxyl groups is 1. The van der Waals surface area contributed by atoms with Crippen LogP contribution < -0.4 is 4.74 Å². The quantitative estimate of drug-likeness (QED) is 0.863. The first-order chi connectivity index (χ1) is 7.49. The first-order valence-corrected chi connectivity index (χ1v) is 4.24. The van der Waals surface area contributed by atoms with Crippen LogP contribution in [-0.2, 0) is 6.61 Å². The van der Waals surface area contributed by atoms with E-state index < -0.39 is 18.7 Å². The molecule has 1 aromatic heterocycles. The number of hydrogen-bond acceptors (Lipinski definition) is 4. The van der Waals surface area contributed by atoms with Crippen molar-refractivity contribution >= 4 is 11.1 Å². The Kier molecular flexibility index (Phi) is 2.47. The largest absolute Gasteiger partial charge is 0.573 e. The Labute approximate surface area is 87.3 Å². The molecule has 86 valence electrons. The Bertz CT molecular complexity index is 506. The van der Waals surface area contributed by atoms with Crippen LogP contribution in [0.1, 0.15) is 5.89 Å². The molecule has 4 nitrogen and oxygen atoms in total. The minimum atomic E-state index is -4.79. The summed E-state index contributed by atoms with van der Waals surface area (Å²) < 4.78 is 44.7. The molecule has 0 bridgehead atoms. The van der Waals surface area contributed by atoms with Crippen LogP contribution in [0.5, 0.6) is 5.75 Å². The van der Waals surface area contributed by atoms with E-state index in [9.17, 15) is 13.2 Å². The van der Waals surface area contributed by atoms with Crippen molar-refractivity contribution in [2.45, 2.75) is 13.0 Å². The Hall–Kier alpha value is -1.76. The zero-order chi connectivity index (χ0) is 11.8. The molecule has 1 heterocycles. The minimum absolute atomic E-state index is 0.0618. The van der Waals surface area contributed by atoms with Gasteiger partial charge in [0.1, 0.15) is 12.1 Å². The maximum Gasteiger partial charge on any atom is 0.573 e. The van der Waals surface area contributed by atoms with Gasteiger partial charge in [-0.25, -0.2) is 4.98 Å². The third-order valence-electron chi connectivity index (χ3n) is 1.78. The van der Waals surface area contributed by atoms with Gasteiger partial charge in [0, 0.05) is 0 Å². The maximum atomic E-state index is 12.0. The van der Waals surface area contributed by atoms with E-state index >= 15 is 0 Å². The summed E-state index contributed by atoms with van der Waals surface area (Å²) in [5.41, 5.74) is 0.0645. The minimum Gasteiger partial charge on any atom is -0.434 e. The summed E-state index contributed by atoms with van der Waals surface area (Å²) in [7, 11) is 0. The van der Waals surface area contributed by atoms with Crippen molar-refractivity contribution in [3.63, 3.8) is 0 Å². The molecule has 0 radical (unpaired) electrons. The monoisotopic (exact) mass is 233 g/mol. The van der Waals surface area contributed by atoms with Gasteiger partial charge < -0.3 is 14.3 Å². The Morgan fingerprint density at radius 3 is 2.75 bits per heavy atom. The molecule has 1 N–H and O–H groups in total. The highest BCUT2D eigenvalue weighted by atomic mass is 19.4. The van der Waals surface area contributed by atoms with Gasteiger partial charge in [-0.1, -0.05) is 6.07 Å². The molecule has 2 rings (SSSR count). The summed E-state index contributed by atoms with van der Waals surface area (Å²) in [6.07, 6.45) is -4.79. The number of halogens is 3. The van der Waals surface area contributed by atoms with Crippen LogP contribution >= 0.6 is 0 Å². The summed E-state index contributed by atoms with van der Waals surface area (Å²) in [4.78, 5) is 3.76. The molecule has 7 heteroatoms. The summed E-state index contributed by atoms with van der Waals surface area (Å²) in [6, 6.07) is 3.93. The van der Waals surface area contributed by atoms with E-state index in [1.807, 2.05) is 0 Å². The van der Waals surface area contributed by atoms with Crippen LogP contribution in [0.4, 0.5) is 13.2 Å². The molecule has 0 saturated carbocycles. The van der Waals surface area contributed by atoms with Gasteiger partial charge in [0.2, 0.25) is 5.89 Å². The van der Waals surface area contributed by atoms with E-state index in [2.05, 4.69) is 9.72 Å². The summed E-state index contributed by atoms with van der Waals surface area (Å²) in [5.74, 6) is -0.537. The Balaban J connectivity index is 2.48. The molecule has 2 aromatic rings. The van der Waals surface area contributed by atoms with Gasteiger partial charge in [-0.3, -0.25) is 0 Å². The van der Waals surface area contributed by atoms with Gasteiger partial charge in [-0.2, -0.15) is 0 Å². The van der Waals surface area contributed by atoms with Gasteiger partial charge in [0.05, 0.1) is 0 Å². The molecular formula is C9H6F3NO3. The van der Waals surface area contributed by atoms with Crippen molar-refractivity contribution in [3.05, 3.63) is 24.1 Å². The fraction of sp³-hybridized carbons (Fsp3) is 0.222. The number of aliphatic hydroxyl groups excluding tert-OH is 1. The van der Waals surface area contributed by atoms with E-state index in [-0.39, 0.29) is 17.0 Å². The number of aromatic nitrogens is 1. The molecule has 0 amide bonds. The lowest BCUT2D eigenvalue weighted by atomic mass is 10.3. The lowest BCUT2D eigenvalue weighted by Crippen LogP contribution is -2.17. The molecule has 0 aliphatic carbocycles. The molecule has 0 atom stereocenters.